The lowest BCUT2D eigenvalue weighted by molar-refractivity contribution is -0.129. The highest BCUT2D eigenvalue weighted by molar-refractivity contribution is 8.01. The Balaban J connectivity index is 1.51. The Kier molecular flexibility index (Phi) is 11.8. The Morgan fingerprint density at radius 3 is 2.00 bits per heavy atom. The third-order valence-electron chi connectivity index (χ3n) is 7.64. The highest BCUT2D eigenvalue weighted by Gasteiger charge is 2.49. The van der Waals surface area contributed by atoms with Crippen LogP contribution in [-0.2, 0) is 38.6 Å². The number of amides is 4. The maximum absolute atomic E-state index is 13.8. The Morgan fingerprint density at radius 1 is 0.867 bits per heavy atom. The number of aliphatic hydroxyl groups excluding tert-OH is 1. The van der Waals surface area contributed by atoms with Crippen LogP contribution in [0.4, 0.5) is 0 Å². The third kappa shape index (κ3) is 9.90. The minimum atomic E-state index is -1.20. The number of hydrogen-bond acceptors (Lipinski definition) is 7. The second-order valence-corrected chi connectivity index (χ2v) is 13.5. The molecule has 0 bridgehead atoms. The van der Waals surface area contributed by atoms with Crippen molar-refractivity contribution in [2.75, 3.05) is 0 Å². The van der Waals surface area contributed by atoms with Crippen molar-refractivity contribution in [3.05, 3.63) is 108 Å². The van der Waals surface area contributed by atoms with Gasteiger partial charge in [-0.3, -0.25) is 24.5 Å². The van der Waals surface area contributed by atoms with E-state index in [1.165, 1.54) is 11.8 Å². The van der Waals surface area contributed by atoms with Gasteiger partial charge in [0.25, 0.3) is 0 Å². The molecule has 4 rings (SSSR count). The summed E-state index contributed by atoms with van der Waals surface area (Å²) < 4.78 is -0.706. The van der Waals surface area contributed by atoms with Crippen LogP contribution in [0, 0.1) is 0 Å². The molecule has 5 atom stereocenters. The molecule has 1 fully saturated rings. The molecule has 1 saturated heterocycles. The Hall–Kier alpha value is -4.19. The largest absolute Gasteiger partial charge is 0.390 e. The number of thioether (sulfide) groups is 1. The summed E-state index contributed by atoms with van der Waals surface area (Å²) in [6.07, 6.45) is -1.14. The molecule has 3 aromatic carbocycles. The molecule has 0 spiro atoms. The van der Waals surface area contributed by atoms with Gasteiger partial charge in [-0.05, 0) is 37.0 Å². The fourth-order valence-electron chi connectivity index (χ4n) is 5.30. The van der Waals surface area contributed by atoms with Crippen molar-refractivity contribution in [3.63, 3.8) is 0 Å². The summed E-state index contributed by atoms with van der Waals surface area (Å²) in [7, 11) is 0. The first-order valence-corrected chi connectivity index (χ1v) is 15.8. The number of primary amides is 1. The monoisotopic (exact) mass is 631 g/mol. The molecule has 11 heteroatoms. The molecule has 0 aromatic heterocycles. The Labute approximate surface area is 267 Å². The maximum atomic E-state index is 13.8. The second kappa shape index (κ2) is 15.7. The minimum absolute atomic E-state index is 0.0902. The van der Waals surface area contributed by atoms with Crippen LogP contribution in [0.2, 0.25) is 0 Å². The molecule has 1 aliphatic rings. The van der Waals surface area contributed by atoms with Gasteiger partial charge in [0.1, 0.15) is 12.1 Å². The van der Waals surface area contributed by atoms with Crippen molar-refractivity contribution in [2.24, 2.45) is 5.73 Å². The van der Waals surface area contributed by atoms with Gasteiger partial charge in [0.15, 0.2) is 0 Å². The summed E-state index contributed by atoms with van der Waals surface area (Å²) in [5, 5.41) is 22.2. The van der Waals surface area contributed by atoms with Crippen molar-refractivity contribution < 1.29 is 24.3 Å². The summed E-state index contributed by atoms with van der Waals surface area (Å²) >= 11 is 1.38. The van der Waals surface area contributed by atoms with E-state index in [4.69, 9.17) is 5.73 Å². The van der Waals surface area contributed by atoms with Crippen LogP contribution in [0.1, 0.15) is 37.0 Å². The van der Waals surface area contributed by atoms with Gasteiger partial charge in [-0.15, -0.1) is 11.8 Å². The van der Waals surface area contributed by atoms with Gasteiger partial charge in [-0.25, -0.2) is 0 Å². The van der Waals surface area contributed by atoms with Crippen molar-refractivity contribution in [1.82, 2.24) is 21.3 Å². The van der Waals surface area contributed by atoms with E-state index in [0.717, 1.165) is 16.7 Å². The number of carbonyl (C=O) groups excluding carboxylic acids is 4. The van der Waals surface area contributed by atoms with Gasteiger partial charge in [-0.2, -0.15) is 0 Å². The standard InChI is InChI=1S/C34H41N5O5S/c1-34(2)30(32(44)37-25(26(40)20-27(35)41)18-22-12-6-3-7-13-22)39-33(45-34)29(31(43)36-21-24-16-10-5-11-17-24)38-28(42)19-23-14-8-4-9-15-23/h3-17,25-26,29-30,33,39-40H,18-21H2,1-2H3,(H2,35,41)(H,36,43)(H,37,44)(H,38,42)/t25-,26-,29-,30+,33-/m1/s1. The van der Waals surface area contributed by atoms with Crippen LogP contribution < -0.4 is 27.0 Å². The van der Waals surface area contributed by atoms with E-state index < -0.39 is 46.2 Å². The molecule has 45 heavy (non-hydrogen) atoms. The highest BCUT2D eigenvalue weighted by atomic mass is 32.2. The molecule has 238 valence electrons. The minimum Gasteiger partial charge on any atom is -0.390 e. The van der Waals surface area contributed by atoms with Crippen molar-refractivity contribution in [2.45, 2.75) is 74.0 Å². The molecule has 0 saturated carbocycles. The number of nitrogens with one attached hydrogen (secondary N) is 4. The predicted molar refractivity (Wildman–Crippen MR) is 175 cm³/mol. The van der Waals surface area contributed by atoms with Gasteiger partial charge >= 0.3 is 0 Å². The van der Waals surface area contributed by atoms with Crippen LogP contribution in [-0.4, -0.2) is 63.1 Å². The van der Waals surface area contributed by atoms with Gasteiger partial charge in [0, 0.05) is 11.3 Å². The van der Waals surface area contributed by atoms with Crippen LogP contribution in [0.25, 0.3) is 0 Å². The molecular weight excluding hydrogens is 590 g/mol. The molecule has 0 radical (unpaired) electrons. The topological polar surface area (TPSA) is 163 Å². The van der Waals surface area contributed by atoms with E-state index in [2.05, 4.69) is 21.3 Å². The Bertz CT molecular complexity index is 1440. The van der Waals surface area contributed by atoms with Crippen LogP contribution >= 0.6 is 11.8 Å². The summed E-state index contributed by atoms with van der Waals surface area (Å²) in [5.41, 5.74) is 7.93. The summed E-state index contributed by atoms with van der Waals surface area (Å²) in [6, 6.07) is 25.4. The molecular formula is C34H41N5O5S. The smallest absolute Gasteiger partial charge is 0.245 e. The normalized spacial score (nSPS) is 19.1. The maximum Gasteiger partial charge on any atom is 0.245 e. The lowest BCUT2D eigenvalue weighted by Crippen LogP contribution is -2.59. The van der Waals surface area contributed by atoms with E-state index >= 15 is 0 Å². The van der Waals surface area contributed by atoms with Gasteiger partial charge in [0.05, 0.1) is 30.4 Å². The summed E-state index contributed by atoms with van der Waals surface area (Å²) in [4.78, 5) is 52.1. The number of carbonyl (C=O) groups is 4. The van der Waals surface area contributed by atoms with Crippen molar-refractivity contribution in [1.29, 1.82) is 0 Å². The fourth-order valence-corrected chi connectivity index (χ4v) is 6.79. The quantitative estimate of drug-likeness (QED) is 0.158. The SMILES string of the molecule is CC1(C)S[C@H]([C@H](NC(=O)Cc2ccccc2)C(=O)NCc2ccccc2)N[C@H]1C(=O)N[C@H](Cc1ccccc1)[C@H](O)CC(N)=O. The van der Waals surface area contributed by atoms with E-state index in [1.807, 2.05) is 105 Å². The lowest BCUT2D eigenvalue weighted by Gasteiger charge is -2.29. The molecule has 1 heterocycles. The first-order chi connectivity index (χ1) is 21.5. The van der Waals surface area contributed by atoms with E-state index in [1.54, 1.807) is 0 Å². The molecule has 0 aliphatic carbocycles. The zero-order valence-corrected chi connectivity index (χ0v) is 26.3. The number of rotatable bonds is 14. The first kappa shape index (κ1) is 33.7. The summed E-state index contributed by atoms with van der Waals surface area (Å²) in [6.45, 7) is 4.03. The van der Waals surface area contributed by atoms with Crippen LogP contribution in [0.5, 0.6) is 0 Å². The number of benzene rings is 3. The van der Waals surface area contributed by atoms with E-state index in [9.17, 15) is 24.3 Å². The van der Waals surface area contributed by atoms with E-state index in [0.29, 0.717) is 0 Å². The fraction of sp³-hybridized carbons (Fsp3) is 0.353. The van der Waals surface area contributed by atoms with E-state index in [-0.39, 0.29) is 37.6 Å². The predicted octanol–water partition coefficient (Wildman–Crippen LogP) is 1.80. The van der Waals surface area contributed by atoms with Crippen LogP contribution in [0.15, 0.2) is 91.0 Å². The highest BCUT2D eigenvalue weighted by Crippen LogP contribution is 2.39. The molecule has 1 aliphatic heterocycles. The van der Waals surface area contributed by atoms with Gasteiger partial charge in [-0.1, -0.05) is 91.0 Å². The zero-order valence-electron chi connectivity index (χ0n) is 25.4. The molecule has 3 aromatic rings. The zero-order chi connectivity index (χ0) is 32.4. The Morgan fingerprint density at radius 2 is 1.42 bits per heavy atom. The average molecular weight is 632 g/mol. The van der Waals surface area contributed by atoms with Crippen molar-refractivity contribution >= 4 is 35.4 Å². The lowest BCUT2D eigenvalue weighted by atomic mass is 9.96. The third-order valence-corrected chi connectivity index (χ3v) is 9.14. The molecule has 0 unspecified atom stereocenters. The molecule has 10 nitrogen and oxygen atoms in total. The number of hydrogen-bond donors (Lipinski definition) is 6. The first-order valence-electron chi connectivity index (χ1n) is 14.9. The number of nitrogens with two attached hydrogens (primary N) is 1. The molecule has 7 N–H and O–H groups in total. The summed E-state index contributed by atoms with van der Waals surface area (Å²) in [5.74, 6) is -1.80. The van der Waals surface area contributed by atoms with Gasteiger partial charge in [0.2, 0.25) is 23.6 Å². The molecule has 4 amide bonds. The van der Waals surface area contributed by atoms with Gasteiger partial charge < -0.3 is 26.8 Å². The average Bonchev–Trinajstić information content (AvgIpc) is 3.34. The second-order valence-electron chi connectivity index (χ2n) is 11.7. The van der Waals surface area contributed by atoms with Crippen molar-refractivity contribution in [3.8, 4) is 0 Å². The number of aliphatic hydroxyl groups is 1. The van der Waals surface area contributed by atoms with Crippen LogP contribution in [0.3, 0.4) is 0 Å².